The number of nitrogens with one attached hydrogen (secondary N) is 1. The highest BCUT2D eigenvalue weighted by molar-refractivity contribution is 6.35. The second-order valence-electron chi connectivity index (χ2n) is 3.26. The largest absolute Gasteiger partial charge is 0.478 e. The van der Waals surface area contributed by atoms with Crippen LogP contribution >= 0.6 is 11.6 Å². The molecule has 2 rings (SSSR count). The molecule has 0 saturated heterocycles. The van der Waals surface area contributed by atoms with Gasteiger partial charge in [-0.15, -0.1) is 0 Å². The second-order valence-corrected chi connectivity index (χ2v) is 3.66. The fraction of sp³-hybridized carbons (Fsp3) is 0.167. The van der Waals surface area contributed by atoms with Gasteiger partial charge in [0.25, 0.3) is 0 Å². The van der Waals surface area contributed by atoms with Gasteiger partial charge in [0.1, 0.15) is 0 Å². The molecule has 0 amide bonds. The van der Waals surface area contributed by atoms with E-state index in [4.69, 9.17) is 21.7 Å². The molecule has 16 heavy (non-hydrogen) atoms. The van der Waals surface area contributed by atoms with E-state index >= 15 is 0 Å². The first-order chi connectivity index (χ1) is 7.74. The molecular formula is C12H11ClN2O. The lowest BCUT2D eigenvalue weighted by Gasteiger charge is -2.08. The maximum Gasteiger partial charge on any atom is 0.215 e. The predicted molar refractivity (Wildman–Crippen MR) is 65.2 cm³/mol. The highest BCUT2D eigenvalue weighted by Crippen LogP contribution is 2.25. The van der Waals surface area contributed by atoms with Crippen molar-refractivity contribution in [2.75, 3.05) is 6.61 Å². The number of fused-ring (bicyclic) bond motifs is 1. The zero-order chi connectivity index (χ0) is 11.5. The van der Waals surface area contributed by atoms with Crippen molar-refractivity contribution in [3.63, 3.8) is 0 Å². The summed E-state index contributed by atoms with van der Waals surface area (Å²) in [5.74, 6) is 0.128. The van der Waals surface area contributed by atoms with Gasteiger partial charge in [0, 0.05) is 11.6 Å². The minimum atomic E-state index is 0.128. The summed E-state index contributed by atoms with van der Waals surface area (Å²) >= 11 is 6.06. The van der Waals surface area contributed by atoms with Gasteiger partial charge in [0.15, 0.2) is 0 Å². The molecule has 0 bridgehead atoms. The molecule has 2 aromatic rings. The molecule has 1 aromatic heterocycles. The molecule has 0 atom stereocenters. The molecule has 0 spiro atoms. The molecule has 0 fully saturated rings. The Hall–Kier alpha value is -1.61. The normalized spacial score (nSPS) is 10.4. The number of benzene rings is 1. The monoisotopic (exact) mass is 234 g/mol. The van der Waals surface area contributed by atoms with Gasteiger partial charge in [0.2, 0.25) is 5.90 Å². The number of halogens is 1. The van der Waals surface area contributed by atoms with E-state index < -0.39 is 0 Å². The molecule has 0 aliphatic carbocycles. The summed E-state index contributed by atoms with van der Waals surface area (Å²) in [6.45, 7) is 2.32. The highest BCUT2D eigenvalue weighted by Gasteiger charge is 2.10. The van der Waals surface area contributed by atoms with Crippen molar-refractivity contribution < 1.29 is 4.74 Å². The van der Waals surface area contributed by atoms with Gasteiger partial charge in [0.05, 0.1) is 22.7 Å². The van der Waals surface area contributed by atoms with Gasteiger partial charge in [-0.2, -0.15) is 0 Å². The van der Waals surface area contributed by atoms with E-state index in [-0.39, 0.29) is 5.90 Å². The van der Waals surface area contributed by atoms with Crippen molar-refractivity contribution in [3.05, 3.63) is 41.0 Å². The lowest BCUT2D eigenvalue weighted by atomic mass is 10.1. The van der Waals surface area contributed by atoms with Crippen LogP contribution in [0.25, 0.3) is 10.9 Å². The molecule has 1 N–H and O–H groups in total. The summed E-state index contributed by atoms with van der Waals surface area (Å²) in [5, 5.41) is 9.25. The van der Waals surface area contributed by atoms with Crippen molar-refractivity contribution in [1.82, 2.24) is 4.98 Å². The van der Waals surface area contributed by atoms with Crippen molar-refractivity contribution in [3.8, 4) is 0 Å². The van der Waals surface area contributed by atoms with E-state index in [0.717, 1.165) is 5.39 Å². The number of rotatable bonds is 2. The summed E-state index contributed by atoms with van der Waals surface area (Å²) in [7, 11) is 0. The summed E-state index contributed by atoms with van der Waals surface area (Å²) in [5.41, 5.74) is 1.37. The van der Waals surface area contributed by atoms with E-state index in [2.05, 4.69) is 4.98 Å². The van der Waals surface area contributed by atoms with Crippen molar-refractivity contribution in [2.45, 2.75) is 6.92 Å². The summed E-state index contributed by atoms with van der Waals surface area (Å²) in [6.07, 6.45) is 1.68. The zero-order valence-corrected chi connectivity index (χ0v) is 9.58. The van der Waals surface area contributed by atoms with E-state index in [9.17, 15) is 0 Å². The molecular weight excluding hydrogens is 224 g/mol. The minimum Gasteiger partial charge on any atom is -0.478 e. The standard InChI is InChI=1S/C12H11ClN2O/c1-2-16-12(14)9-5-6-10(13)8-4-3-7-15-11(8)9/h3-7,14H,2H2,1H3. The molecule has 0 aliphatic rings. The lowest BCUT2D eigenvalue weighted by molar-refractivity contribution is 0.326. The Balaban J connectivity index is 2.63. The van der Waals surface area contributed by atoms with Gasteiger partial charge >= 0.3 is 0 Å². The summed E-state index contributed by atoms with van der Waals surface area (Å²) < 4.78 is 5.18. The van der Waals surface area contributed by atoms with Crippen LogP contribution in [0, 0.1) is 5.41 Å². The van der Waals surface area contributed by atoms with Gasteiger partial charge < -0.3 is 4.74 Å². The van der Waals surface area contributed by atoms with Crippen LogP contribution in [0.3, 0.4) is 0 Å². The lowest BCUT2D eigenvalue weighted by Crippen LogP contribution is -2.06. The highest BCUT2D eigenvalue weighted by atomic mass is 35.5. The smallest absolute Gasteiger partial charge is 0.215 e. The molecule has 0 aliphatic heterocycles. The number of pyridine rings is 1. The number of ether oxygens (including phenoxy) is 1. The fourth-order valence-corrected chi connectivity index (χ4v) is 1.76. The summed E-state index contributed by atoms with van der Waals surface area (Å²) in [6, 6.07) is 7.22. The Morgan fingerprint density at radius 1 is 1.44 bits per heavy atom. The number of nitrogens with zero attached hydrogens (tertiary/aromatic N) is 1. The van der Waals surface area contributed by atoms with Gasteiger partial charge in [-0.25, -0.2) is 0 Å². The first-order valence-corrected chi connectivity index (χ1v) is 5.36. The van der Waals surface area contributed by atoms with Crippen LogP contribution < -0.4 is 0 Å². The Bertz CT molecular complexity index is 540. The Kier molecular flexibility index (Phi) is 3.06. The van der Waals surface area contributed by atoms with Crippen LogP contribution in [0.5, 0.6) is 0 Å². The SMILES string of the molecule is CCOC(=N)c1ccc(Cl)c2cccnc12. The van der Waals surface area contributed by atoms with E-state index in [1.807, 2.05) is 19.1 Å². The topological polar surface area (TPSA) is 46.0 Å². The first kappa shape index (κ1) is 10.9. The fourth-order valence-electron chi connectivity index (χ4n) is 1.54. The van der Waals surface area contributed by atoms with E-state index in [1.165, 1.54) is 0 Å². The quantitative estimate of drug-likeness (QED) is 0.641. The zero-order valence-electron chi connectivity index (χ0n) is 8.83. The van der Waals surface area contributed by atoms with Gasteiger partial charge in [-0.3, -0.25) is 10.4 Å². The van der Waals surface area contributed by atoms with Gasteiger partial charge in [-0.1, -0.05) is 11.6 Å². The minimum absolute atomic E-state index is 0.128. The van der Waals surface area contributed by atoms with Crippen LogP contribution in [0.1, 0.15) is 12.5 Å². The number of aromatic nitrogens is 1. The Morgan fingerprint density at radius 3 is 3.00 bits per heavy atom. The Morgan fingerprint density at radius 2 is 2.25 bits per heavy atom. The Labute approximate surface area is 98.5 Å². The number of hydrogen-bond acceptors (Lipinski definition) is 3. The van der Waals surface area contributed by atoms with Crippen LogP contribution in [0.4, 0.5) is 0 Å². The first-order valence-electron chi connectivity index (χ1n) is 4.99. The molecule has 3 nitrogen and oxygen atoms in total. The van der Waals surface area contributed by atoms with Crippen LogP contribution in [0.15, 0.2) is 30.5 Å². The molecule has 1 aromatic carbocycles. The molecule has 1 heterocycles. The van der Waals surface area contributed by atoms with Crippen LogP contribution in [-0.4, -0.2) is 17.5 Å². The number of hydrogen-bond donors (Lipinski definition) is 1. The third-order valence-corrected chi connectivity index (χ3v) is 2.58. The van der Waals surface area contributed by atoms with Crippen molar-refractivity contribution in [2.24, 2.45) is 0 Å². The van der Waals surface area contributed by atoms with Crippen molar-refractivity contribution >= 4 is 28.4 Å². The molecule has 82 valence electrons. The predicted octanol–water partition coefficient (Wildman–Crippen LogP) is 3.25. The molecule has 0 radical (unpaired) electrons. The van der Waals surface area contributed by atoms with Crippen LogP contribution in [-0.2, 0) is 4.74 Å². The van der Waals surface area contributed by atoms with E-state index in [0.29, 0.717) is 22.7 Å². The van der Waals surface area contributed by atoms with Crippen molar-refractivity contribution in [1.29, 1.82) is 5.41 Å². The van der Waals surface area contributed by atoms with Gasteiger partial charge in [-0.05, 0) is 31.2 Å². The third kappa shape index (κ3) is 1.86. The summed E-state index contributed by atoms with van der Waals surface area (Å²) in [4.78, 5) is 4.24. The average molecular weight is 235 g/mol. The third-order valence-electron chi connectivity index (χ3n) is 2.25. The molecule has 0 unspecified atom stereocenters. The maximum absolute atomic E-state index is 7.78. The molecule has 4 heteroatoms. The van der Waals surface area contributed by atoms with E-state index in [1.54, 1.807) is 18.3 Å². The van der Waals surface area contributed by atoms with Crippen LogP contribution in [0.2, 0.25) is 5.02 Å². The molecule has 0 saturated carbocycles. The second kappa shape index (κ2) is 4.49. The maximum atomic E-state index is 7.78. The average Bonchev–Trinajstić information content (AvgIpc) is 2.30.